The van der Waals surface area contributed by atoms with E-state index in [1.807, 2.05) is 79.7 Å². The van der Waals surface area contributed by atoms with Crippen molar-refractivity contribution in [1.29, 1.82) is 0 Å². The van der Waals surface area contributed by atoms with Crippen LogP contribution in [0.1, 0.15) is 98.4 Å². The number of benzene rings is 2. The number of carbonyl (C=O) groups is 2. The molecular weight excluding hydrogens is 1100 g/mol. The third kappa shape index (κ3) is 16.2. The minimum Gasteiger partial charge on any atom is -0.461 e. The molecule has 0 bridgehead atoms. The molecule has 4 aliphatic heterocycles. The number of ether oxygens (including phenoxy) is 9. The predicted octanol–water partition coefficient (Wildman–Crippen LogP) is -1.27. The average molecular weight is 1180 g/mol. The van der Waals surface area contributed by atoms with E-state index >= 15 is 0 Å². The smallest absolute Gasteiger partial charge is 0.338 e. The Morgan fingerprint density at radius 2 is 0.771 bits per heavy atom. The zero-order valence-electron chi connectivity index (χ0n) is 47.6. The van der Waals surface area contributed by atoms with Crippen LogP contribution in [0.4, 0.5) is 0 Å². The van der Waals surface area contributed by atoms with Crippen LogP contribution in [0.3, 0.4) is 0 Å². The van der Waals surface area contributed by atoms with E-state index in [1.165, 1.54) is 24.3 Å². The number of esters is 2. The summed E-state index contributed by atoms with van der Waals surface area (Å²) < 4.78 is 52.3. The summed E-state index contributed by atoms with van der Waals surface area (Å²) >= 11 is 0. The van der Waals surface area contributed by atoms with Gasteiger partial charge in [0, 0.05) is 0 Å². The maximum Gasteiger partial charge on any atom is 0.338 e. The van der Waals surface area contributed by atoms with Crippen LogP contribution in [0, 0.1) is 0 Å². The number of carbonyl (C=O) groups excluding carboxylic acids is 2. The average Bonchev–Trinajstić information content (AvgIpc) is 3.71. The lowest BCUT2D eigenvalue weighted by molar-refractivity contribution is -0.383. The van der Waals surface area contributed by atoms with E-state index in [2.05, 4.69) is 0 Å². The van der Waals surface area contributed by atoms with E-state index in [9.17, 15) is 81.1 Å². The Labute approximate surface area is 480 Å². The van der Waals surface area contributed by atoms with Gasteiger partial charge in [0.05, 0.1) is 24.3 Å². The van der Waals surface area contributed by atoms with Crippen LogP contribution in [-0.4, -0.2) is 233 Å². The highest BCUT2D eigenvalue weighted by molar-refractivity contribution is 5.91. The highest BCUT2D eigenvalue weighted by atomic mass is 16.8. The molecule has 2 aromatic carbocycles. The fraction of sp³-hybridized carbons (Fsp3) is 0.621. The van der Waals surface area contributed by atoms with Gasteiger partial charge in [-0.15, -0.1) is 0 Å². The molecule has 0 unspecified atom stereocenters. The molecular formula is C58H82O25. The molecule has 25 heteroatoms. The van der Waals surface area contributed by atoms with E-state index in [-0.39, 0.29) is 48.3 Å². The van der Waals surface area contributed by atoms with Crippen LogP contribution >= 0.6 is 0 Å². The largest absolute Gasteiger partial charge is 0.461 e. The van der Waals surface area contributed by atoms with Crippen LogP contribution in [0.2, 0.25) is 0 Å². The number of hydrogen-bond acceptors (Lipinski definition) is 25. The van der Waals surface area contributed by atoms with Gasteiger partial charge >= 0.3 is 11.9 Å². The quantitative estimate of drug-likeness (QED) is 0.0455. The molecule has 464 valence electrons. The second-order valence-electron chi connectivity index (χ2n) is 22.2. The van der Waals surface area contributed by atoms with Crippen molar-refractivity contribution in [3.8, 4) is 11.5 Å². The Kier molecular flexibility index (Phi) is 23.9. The van der Waals surface area contributed by atoms with Crippen LogP contribution < -0.4 is 9.47 Å². The topological polar surface area (TPSA) is 400 Å². The van der Waals surface area contributed by atoms with Gasteiger partial charge in [0.15, 0.2) is 6.29 Å². The molecule has 6 rings (SSSR count). The maximum atomic E-state index is 14.0. The SMILES string of the molecule is CC(C)=CCc1cc(C(=O)OC[C@@H]2O[C@](CO)(O[C@@H]3O[C@H](COC(=O)c4cc(CC=C(C)C)c(O[C@H]5O[C@H](CO)[C@@H](O)[C@H](O)[C@H]5O)c(CC=C(C)C)c4)[C@@H](O)[C@@H](O)[C@H]3O)[C@@H](O)[C@H]2O)cc(CC=C(C)C)c1O[C@@H]1O[C@H](CO)[C@H](O)[C@@H](O)[C@@H]1O. The van der Waals surface area contributed by atoms with Crippen LogP contribution in [-0.2, 0) is 58.8 Å². The summed E-state index contributed by atoms with van der Waals surface area (Å²) in [6.45, 7) is 10.5. The first-order chi connectivity index (χ1) is 39.1. The monoisotopic (exact) mass is 1180 g/mol. The molecule has 4 heterocycles. The fourth-order valence-electron chi connectivity index (χ4n) is 9.56. The highest BCUT2D eigenvalue weighted by Gasteiger charge is 2.59. The first-order valence-corrected chi connectivity index (χ1v) is 27.3. The molecule has 14 N–H and O–H groups in total. The summed E-state index contributed by atoms with van der Waals surface area (Å²) in [6.07, 6.45) is -23.4. The summed E-state index contributed by atoms with van der Waals surface area (Å²) in [6, 6.07) is 5.76. The van der Waals surface area contributed by atoms with Crippen molar-refractivity contribution in [2.45, 2.75) is 197 Å². The molecule has 83 heavy (non-hydrogen) atoms. The molecule has 0 amide bonds. The summed E-state index contributed by atoms with van der Waals surface area (Å²) in [7, 11) is 0. The van der Waals surface area contributed by atoms with E-state index in [0.717, 1.165) is 22.3 Å². The lowest BCUT2D eigenvalue weighted by atomic mass is 9.97. The third-order valence-corrected chi connectivity index (χ3v) is 14.5. The minimum atomic E-state index is -2.63. The van der Waals surface area contributed by atoms with E-state index in [4.69, 9.17) is 42.6 Å². The van der Waals surface area contributed by atoms with Crippen LogP contribution in [0.15, 0.2) is 70.9 Å². The summed E-state index contributed by atoms with van der Waals surface area (Å²) in [4.78, 5) is 27.9. The van der Waals surface area contributed by atoms with Gasteiger partial charge in [-0.25, -0.2) is 9.59 Å². The Balaban J connectivity index is 1.19. The maximum absolute atomic E-state index is 14.0. The fourth-order valence-corrected chi connectivity index (χ4v) is 9.56. The minimum absolute atomic E-state index is 0.0256. The van der Waals surface area contributed by atoms with Crippen LogP contribution in [0.25, 0.3) is 0 Å². The van der Waals surface area contributed by atoms with Gasteiger partial charge < -0.3 is 114 Å². The number of aliphatic hydroxyl groups excluding tert-OH is 14. The molecule has 0 radical (unpaired) electrons. The van der Waals surface area contributed by atoms with Gasteiger partial charge in [-0.1, -0.05) is 46.6 Å². The number of aliphatic hydroxyl groups is 14. The summed E-state index contributed by atoms with van der Waals surface area (Å²) in [5, 5.41) is 150. The van der Waals surface area contributed by atoms with Crippen molar-refractivity contribution in [2.75, 3.05) is 33.0 Å². The first kappa shape index (κ1) is 67.3. The van der Waals surface area contributed by atoms with Gasteiger partial charge in [0.25, 0.3) is 0 Å². The molecule has 4 saturated heterocycles. The third-order valence-electron chi connectivity index (χ3n) is 14.5. The Bertz CT molecular complexity index is 2550. The Morgan fingerprint density at radius 1 is 0.446 bits per heavy atom. The zero-order chi connectivity index (χ0) is 61.4. The van der Waals surface area contributed by atoms with Crippen LogP contribution in [0.5, 0.6) is 11.5 Å². The molecule has 2 aromatic rings. The van der Waals surface area contributed by atoms with Gasteiger partial charge in [-0.05, 0) is 128 Å². The number of allylic oxidation sites excluding steroid dienone is 8. The van der Waals surface area contributed by atoms with Gasteiger partial charge in [-0.3, -0.25) is 0 Å². The predicted molar refractivity (Wildman–Crippen MR) is 289 cm³/mol. The van der Waals surface area contributed by atoms with E-state index < -0.39 is 161 Å². The molecule has 4 aliphatic rings. The van der Waals surface area contributed by atoms with Crippen molar-refractivity contribution in [3.05, 3.63) is 104 Å². The van der Waals surface area contributed by atoms with E-state index in [0.29, 0.717) is 22.3 Å². The van der Waals surface area contributed by atoms with Crippen molar-refractivity contribution >= 4 is 11.9 Å². The first-order valence-electron chi connectivity index (χ1n) is 27.3. The van der Waals surface area contributed by atoms with Gasteiger partial charge in [0.1, 0.15) is 123 Å². The normalized spacial score (nSPS) is 33.4. The highest BCUT2D eigenvalue weighted by Crippen LogP contribution is 2.39. The Hall–Kier alpha value is -4.82. The Morgan fingerprint density at radius 3 is 1.11 bits per heavy atom. The lowest BCUT2D eigenvalue weighted by Crippen LogP contribution is -2.62. The lowest BCUT2D eigenvalue weighted by Gasteiger charge is -2.43. The number of rotatable bonds is 23. The molecule has 0 saturated carbocycles. The molecule has 19 atom stereocenters. The van der Waals surface area contributed by atoms with Crippen molar-refractivity contribution < 1.29 is 124 Å². The standard InChI is InChI=1S/C58H82O25/c1-26(2)9-13-30-17-34(18-31(14-10-27(3)4)50(30)80-55-47(69)44(66)40(62)36(21-59)77-55)53(73)75-23-38-42(64)46(68)49(71)57(79-38)83-58(25-61)52(72)43(65)39(82-58)24-76-54(74)35-19-32(15-11-28(5)6)51(33(20-35)16-12-29(7)8)81-56-48(70)45(67)41(63)37(22-60)78-56/h9-12,17-20,36-49,52,55-57,59-72H,13-16,21-25H2,1-8H3/t36-,37-,38-,39+,40-,41+,42-,43+,44+,45-,46-,47-,48+,49-,52+,55-,56+,57+,58-/m1/s1. The second kappa shape index (κ2) is 29.5. The second-order valence-corrected chi connectivity index (χ2v) is 22.2. The molecule has 4 fully saturated rings. The van der Waals surface area contributed by atoms with Crippen molar-refractivity contribution in [2.24, 2.45) is 0 Å². The summed E-state index contributed by atoms with van der Waals surface area (Å²) in [5.74, 6) is -4.24. The summed E-state index contributed by atoms with van der Waals surface area (Å²) in [5.41, 5.74) is 5.06. The molecule has 0 aliphatic carbocycles. The van der Waals surface area contributed by atoms with Gasteiger partial charge in [-0.2, -0.15) is 0 Å². The molecule has 0 aromatic heterocycles. The van der Waals surface area contributed by atoms with Crippen molar-refractivity contribution in [3.63, 3.8) is 0 Å². The van der Waals surface area contributed by atoms with E-state index in [1.54, 1.807) is 0 Å². The molecule has 0 spiro atoms. The zero-order valence-corrected chi connectivity index (χ0v) is 47.6. The van der Waals surface area contributed by atoms with Gasteiger partial charge in [0.2, 0.25) is 18.4 Å². The van der Waals surface area contributed by atoms with Crippen molar-refractivity contribution in [1.82, 2.24) is 0 Å². The molecule has 25 nitrogen and oxygen atoms in total. The number of hydrogen-bond donors (Lipinski definition) is 14.